The van der Waals surface area contributed by atoms with Gasteiger partial charge in [-0.05, 0) is 54.7 Å². The molecule has 6 nitrogen and oxygen atoms in total. The van der Waals surface area contributed by atoms with Gasteiger partial charge in [0.25, 0.3) is 0 Å². The van der Waals surface area contributed by atoms with E-state index in [1.807, 2.05) is 24.3 Å². The Morgan fingerprint density at radius 2 is 2.06 bits per heavy atom. The van der Waals surface area contributed by atoms with Gasteiger partial charge in [0.2, 0.25) is 0 Å². The highest BCUT2D eigenvalue weighted by atomic mass is 32.1. The first kappa shape index (κ1) is 24.5. The smallest absolute Gasteiger partial charge is 0.166 e. The number of fused-ring (bicyclic) bond motifs is 1. The number of aromatic nitrogens is 2. The predicted molar refractivity (Wildman–Crippen MR) is 139 cm³/mol. The maximum atomic E-state index is 14.9. The summed E-state index contributed by atoms with van der Waals surface area (Å²) in [4.78, 5) is 22.3. The number of methoxy groups -OCH3 is 1. The molecule has 1 aliphatic carbocycles. The Morgan fingerprint density at radius 1 is 1.17 bits per heavy atom. The number of Topliss-reactive ketones (excluding diaryl/α,β-unsaturated/α-hetero) is 1. The predicted octanol–water partition coefficient (Wildman–Crippen LogP) is 5.94. The van der Waals surface area contributed by atoms with E-state index < -0.39 is 5.82 Å². The van der Waals surface area contributed by atoms with E-state index >= 15 is 0 Å². The molecule has 0 bridgehead atoms. The Labute approximate surface area is 213 Å². The van der Waals surface area contributed by atoms with Crippen LogP contribution in [0.5, 0.6) is 11.5 Å². The highest BCUT2D eigenvalue weighted by Crippen LogP contribution is 2.39. The Hall–Kier alpha value is -3.20. The third-order valence-electron chi connectivity index (χ3n) is 6.05. The maximum absolute atomic E-state index is 14.9. The van der Waals surface area contributed by atoms with Gasteiger partial charge in [0.05, 0.1) is 33.1 Å². The zero-order valence-electron chi connectivity index (χ0n) is 20.1. The number of rotatable bonds is 12. The van der Waals surface area contributed by atoms with Crippen LogP contribution in [-0.4, -0.2) is 36.0 Å². The molecule has 1 N–H and O–H groups in total. The van der Waals surface area contributed by atoms with E-state index in [1.165, 1.54) is 17.4 Å². The molecule has 0 spiro atoms. The molecule has 1 aromatic carbocycles. The van der Waals surface area contributed by atoms with E-state index in [4.69, 9.17) is 14.5 Å². The lowest BCUT2D eigenvalue weighted by atomic mass is 10.0. The molecule has 3 aromatic heterocycles. The molecule has 0 radical (unpaired) electrons. The van der Waals surface area contributed by atoms with Crippen molar-refractivity contribution in [2.75, 3.05) is 20.3 Å². The summed E-state index contributed by atoms with van der Waals surface area (Å²) in [5.74, 6) is 0.868. The number of hydrogen-bond acceptors (Lipinski definition) is 7. The van der Waals surface area contributed by atoms with Crippen LogP contribution in [0.1, 0.15) is 30.5 Å². The van der Waals surface area contributed by atoms with Gasteiger partial charge in [-0.25, -0.2) is 4.39 Å². The molecule has 0 aliphatic heterocycles. The van der Waals surface area contributed by atoms with Gasteiger partial charge in [0, 0.05) is 45.3 Å². The summed E-state index contributed by atoms with van der Waals surface area (Å²) < 4.78 is 26.7. The summed E-state index contributed by atoms with van der Waals surface area (Å²) in [5.41, 5.74) is 3.22. The molecule has 1 saturated carbocycles. The molecule has 36 heavy (non-hydrogen) atoms. The van der Waals surface area contributed by atoms with Crippen LogP contribution < -0.4 is 10.1 Å². The molecule has 8 heteroatoms. The minimum absolute atomic E-state index is 0.123. The molecule has 186 valence electrons. The van der Waals surface area contributed by atoms with Crippen molar-refractivity contribution in [2.24, 2.45) is 5.92 Å². The molecule has 0 unspecified atom stereocenters. The van der Waals surface area contributed by atoms with Gasteiger partial charge in [-0.15, -0.1) is 11.3 Å². The first-order chi connectivity index (χ1) is 17.6. The van der Waals surface area contributed by atoms with Crippen LogP contribution in [0.15, 0.2) is 54.7 Å². The van der Waals surface area contributed by atoms with Gasteiger partial charge in [-0.3, -0.25) is 14.8 Å². The Bertz CT molecular complexity index is 1370. The lowest BCUT2D eigenvalue weighted by Crippen LogP contribution is -2.19. The van der Waals surface area contributed by atoms with Gasteiger partial charge in [-0.1, -0.05) is 12.1 Å². The summed E-state index contributed by atoms with van der Waals surface area (Å²) >= 11 is 1.51. The minimum Gasteiger partial charge on any atom is -0.453 e. The fourth-order valence-electron chi connectivity index (χ4n) is 4.03. The van der Waals surface area contributed by atoms with E-state index in [2.05, 4.69) is 10.3 Å². The van der Waals surface area contributed by atoms with Gasteiger partial charge in [0.1, 0.15) is 11.5 Å². The lowest BCUT2D eigenvalue weighted by molar-refractivity contribution is -0.118. The molecule has 1 fully saturated rings. The third-order valence-corrected chi connectivity index (χ3v) is 7.22. The standard InChI is InChI=1S/C28H28FN3O3S/c1-34-12-11-30-17-20-3-2-4-23(32-20)27-16-24-28(36-27)26(9-10-31-24)35-25-8-7-19(15-22(25)29)14-21(33)13-18-5-6-18/h2-4,7-10,15-16,18,30H,5-6,11-14,17H2,1H3. The number of carbonyl (C=O) groups is 1. The molecular weight excluding hydrogens is 477 g/mol. The summed E-state index contributed by atoms with van der Waals surface area (Å²) in [6.45, 7) is 2.05. The van der Waals surface area contributed by atoms with Crippen LogP contribution in [-0.2, 0) is 22.5 Å². The number of ether oxygens (including phenoxy) is 2. The highest BCUT2D eigenvalue weighted by Gasteiger charge is 2.24. The first-order valence-electron chi connectivity index (χ1n) is 12.1. The molecule has 3 heterocycles. The van der Waals surface area contributed by atoms with Crippen molar-refractivity contribution in [3.8, 4) is 22.1 Å². The van der Waals surface area contributed by atoms with Crippen molar-refractivity contribution < 1.29 is 18.7 Å². The fourth-order valence-corrected chi connectivity index (χ4v) is 5.06. The van der Waals surface area contributed by atoms with E-state index in [9.17, 15) is 9.18 Å². The van der Waals surface area contributed by atoms with Gasteiger partial charge < -0.3 is 14.8 Å². The normalized spacial score (nSPS) is 13.3. The topological polar surface area (TPSA) is 73.3 Å². The van der Waals surface area contributed by atoms with Crippen LogP contribution in [0, 0.1) is 11.7 Å². The summed E-state index contributed by atoms with van der Waals surface area (Å²) in [7, 11) is 1.68. The third kappa shape index (κ3) is 6.13. The molecule has 0 amide bonds. The molecule has 0 atom stereocenters. The van der Waals surface area contributed by atoms with Crippen molar-refractivity contribution in [3.05, 3.63) is 71.8 Å². The fraction of sp³-hybridized carbons (Fsp3) is 0.321. The quantitative estimate of drug-likeness (QED) is 0.240. The highest BCUT2D eigenvalue weighted by molar-refractivity contribution is 7.22. The van der Waals surface area contributed by atoms with Gasteiger partial charge in [0.15, 0.2) is 11.6 Å². The lowest BCUT2D eigenvalue weighted by Gasteiger charge is -2.09. The molecule has 5 rings (SSSR count). The SMILES string of the molecule is COCCNCc1cccc(-c2cc3nccc(Oc4ccc(CC(=O)CC5CC5)cc4F)c3s2)n1. The van der Waals surface area contributed by atoms with E-state index in [-0.39, 0.29) is 18.0 Å². The van der Waals surface area contributed by atoms with E-state index in [0.717, 1.165) is 45.9 Å². The monoisotopic (exact) mass is 505 g/mol. The average Bonchev–Trinajstić information content (AvgIpc) is 3.57. The number of pyridine rings is 2. The number of nitrogens with one attached hydrogen (secondary N) is 1. The Kier molecular flexibility index (Phi) is 7.65. The van der Waals surface area contributed by atoms with Crippen LogP contribution in [0.2, 0.25) is 0 Å². The summed E-state index contributed by atoms with van der Waals surface area (Å²) in [6.07, 6.45) is 4.77. The van der Waals surface area contributed by atoms with Crippen molar-refractivity contribution in [1.82, 2.24) is 15.3 Å². The van der Waals surface area contributed by atoms with Crippen molar-refractivity contribution >= 4 is 27.3 Å². The van der Waals surface area contributed by atoms with Crippen LogP contribution in [0.3, 0.4) is 0 Å². The second-order valence-electron chi connectivity index (χ2n) is 9.05. The van der Waals surface area contributed by atoms with E-state index in [0.29, 0.717) is 36.8 Å². The molecular formula is C28H28FN3O3S. The number of halogens is 1. The van der Waals surface area contributed by atoms with Crippen LogP contribution in [0.25, 0.3) is 20.8 Å². The Morgan fingerprint density at radius 3 is 2.86 bits per heavy atom. The average molecular weight is 506 g/mol. The first-order valence-corrected chi connectivity index (χ1v) is 12.9. The van der Waals surface area contributed by atoms with Crippen molar-refractivity contribution in [1.29, 1.82) is 0 Å². The number of thiophene rings is 1. The Balaban J connectivity index is 1.32. The number of carbonyl (C=O) groups excluding carboxylic acids is 1. The van der Waals surface area contributed by atoms with Gasteiger partial charge in [-0.2, -0.15) is 0 Å². The van der Waals surface area contributed by atoms with Crippen molar-refractivity contribution in [3.63, 3.8) is 0 Å². The molecule has 1 aliphatic rings. The number of nitrogens with zero attached hydrogens (tertiary/aromatic N) is 2. The second-order valence-corrected chi connectivity index (χ2v) is 10.1. The molecule has 4 aromatic rings. The minimum atomic E-state index is -0.483. The van der Waals surface area contributed by atoms with Crippen LogP contribution in [0.4, 0.5) is 4.39 Å². The number of ketones is 1. The number of hydrogen-bond donors (Lipinski definition) is 1. The number of benzene rings is 1. The second kappa shape index (κ2) is 11.2. The zero-order chi connectivity index (χ0) is 24.9. The largest absolute Gasteiger partial charge is 0.453 e. The van der Waals surface area contributed by atoms with E-state index in [1.54, 1.807) is 31.5 Å². The van der Waals surface area contributed by atoms with Gasteiger partial charge >= 0.3 is 0 Å². The summed E-state index contributed by atoms with van der Waals surface area (Å²) in [6, 6.07) is 14.4. The molecule has 0 saturated heterocycles. The zero-order valence-corrected chi connectivity index (χ0v) is 20.9. The maximum Gasteiger partial charge on any atom is 0.166 e. The van der Waals surface area contributed by atoms with Crippen LogP contribution >= 0.6 is 11.3 Å². The summed E-state index contributed by atoms with van der Waals surface area (Å²) in [5, 5.41) is 3.30. The van der Waals surface area contributed by atoms with Crippen molar-refractivity contribution in [2.45, 2.75) is 32.2 Å².